The molecular formula is C18H19N5S. The number of thiocarbonyl (C=S) groups is 1. The summed E-state index contributed by atoms with van der Waals surface area (Å²) in [6, 6.07) is 11.3. The zero-order valence-corrected chi connectivity index (χ0v) is 14.4. The van der Waals surface area contributed by atoms with E-state index in [2.05, 4.69) is 38.6 Å². The number of fused-ring (bicyclic) bond motifs is 5. The van der Waals surface area contributed by atoms with Crippen LogP contribution in [0.3, 0.4) is 0 Å². The Balaban J connectivity index is 1.59. The van der Waals surface area contributed by atoms with Gasteiger partial charge < -0.3 is 9.47 Å². The Morgan fingerprint density at radius 2 is 2.04 bits per heavy atom. The van der Waals surface area contributed by atoms with Crippen molar-refractivity contribution in [3.63, 3.8) is 0 Å². The maximum Gasteiger partial charge on any atom is 0.208 e. The molecule has 2 atom stereocenters. The lowest BCUT2D eigenvalue weighted by Gasteiger charge is -2.36. The van der Waals surface area contributed by atoms with E-state index in [0.29, 0.717) is 12.1 Å². The highest BCUT2D eigenvalue weighted by Gasteiger charge is 2.47. The molecule has 2 aromatic rings. The molecule has 5 rings (SSSR count). The third-order valence-corrected chi connectivity index (χ3v) is 5.79. The molecule has 0 radical (unpaired) electrons. The van der Waals surface area contributed by atoms with Crippen LogP contribution in [0.4, 0.5) is 5.82 Å². The van der Waals surface area contributed by atoms with Crippen molar-refractivity contribution < 1.29 is 0 Å². The van der Waals surface area contributed by atoms with Crippen molar-refractivity contribution in [2.75, 3.05) is 11.9 Å². The average molecular weight is 337 g/mol. The van der Waals surface area contributed by atoms with Crippen molar-refractivity contribution in [1.82, 2.24) is 14.5 Å². The fourth-order valence-electron chi connectivity index (χ4n) is 4.15. The minimum absolute atomic E-state index is 0.399. The van der Waals surface area contributed by atoms with Crippen molar-refractivity contribution >= 4 is 29.0 Å². The van der Waals surface area contributed by atoms with Crippen molar-refractivity contribution in [3.8, 4) is 0 Å². The Morgan fingerprint density at radius 1 is 1.21 bits per heavy atom. The molecule has 0 unspecified atom stereocenters. The third-order valence-electron chi connectivity index (χ3n) is 5.32. The number of hydrogen-bond acceptors (Lipinski definition) is 4. The lowest BCUT2D eigenvalue weighted by atomic mass is 10.1. The highest BCUT2D eigenvalue weighted by Crippen LogP contribution is 2.40. The van der Waals surface area contributed by atoms with Crippen molar-refractivity contribution in [2.45, 2.75) is 37.9 Å². The van der Waals surface area contributed by atoms with Gasteiger partial charge in [0, 0.05) is 13.6 Å². The SMILES string of the molecule is CN1C(=S)c2c(ncn2Cc2ccccc2)N2C1=N[C@H]1CCC[C@H]12. The van der Waals surface area contributed by atoms with Crippen LogP contribution in [0.15, 0.2) is 41.7 Å². The van der Waals surface area contributed by atoms with Crippen molar-refractivity contribution in [1.29, 1.82) is 0 Å². The van der Waals surface area contributed by atoms with E-state index in [1.807, 2.05) is 19.4 Å². The number of aliphatic imine (C=N–C) groups is 1. The van der Waals surface area contributed by atoms with E-state index in [9.17, 15) is 0 Å². The second-order valence-corrected chi connectivity index (χ2v) is 7.15. The Kier molecular flexibility index (Phi) is 3.03. The number of benzene rings is 1. The lowest BCUT2D eigenvalue weighted by Crippen LogP contribution is -2.51. The molecule has 0 N–H and O–H groups in total. The number of hydrogen-bond donors (Lipinski definition) is 0. The Hall–Kier alpha value is -2.21. The maximum absolute atomic E-state index is 5.75. The zero-order chi connectivity index (χ0) is 16.3. The number of rotatable bonds is 2. The first kappa shape index (κ1) is 14.2. The standard InChI is InChI=1S/C18H19N5S/c1-21-17(24)15-16(23-14-9-5-8-13(14)20-18(21)23)19-11-22(15)10-12-6-3-2-4-7-12/h2-4,6-7,11,13-14H,5,8-10H2,1H3/t13-,14+/m0/s1. The zero-order valence-electron chi connectivity index (χ0n) is 13.6. The van der Waals surface area contributed by atoms with E-state index < -0.39 is 0 Å². The molecule has 0 amide bonds. The molecule has 0 spiro atoms. The fourth-order valence-corrected chi connectivity index (χ4v) is 4.44. The summed E-state index contributed by atoms with van der Waals surface area (Å²) in [4.78, 5) is 14.9. The largest absolute Gasteiger partial charge is 0.322 e. The summed E-state index contributed by atoms with van der Waals surface area (Å²) in [5.41, 5.74) is 2.30. The van der Waals surface area contributed by atoms with Crippen molar-refractivity contribution in [2.24, 2.45) is 4.99 Å². The average Bonchev–Trinajstić information content (AvgIpc) is 3.27. The van der Waals surface area contributed by atoms with Gasteiger partial charge in [0.1, 0.15) is 10.7 Å². The molecule has 24 heavy (non-hydrogen) atoms. The van der Waals surface area contributed by atoms with Gasteiger partial charge in [0.25, 0.3) is 0 Å². The minimum Gasteiger partial charge on any atom is -0.322 e. The molecule has 5 nitrogen and oxygen atoms in total. The molecule has 122 valence electrons. The monoisotopic (exact) mass is 337 g/mol. The third kappa shape index (κ3) is 1.89. The second kappa shape index (κ2) is 5.14. The summed E-state index contributed by atoms with van der Waals surface area (Å²) in [6.45, 7) is 0.783. The fraction of sp³-hybridized carbons (Fsp3) is 0.389. The highest BCUT2D eigenvalue weighted by atomic mass is 32.1. The molecule has 1 fully saturated rings. The van der Waals surface area contributed by atoms with Gasteiger partial charge in [0.2, 0.25) is 5.96 Å². The number of anilines is 1. The van der Waals surface area contributed by atoms with Gasteiger partial charge in [0.15, 0.2) is 5.82 Å². The molecule has 1 aromatic carbocycles. The lowest BCUT2D eigenvalue weighted by molar-refractivity contribution is 0.627. The summed E-state index contributed by atoms with van der Waals surface area (Å²) < 4.78 is 2.17. The predicted octanol–water partition coefficient (Wildman–Crippen LogP) is 2.65. The van der Waals surface area contributed by atoms with Gasteiger partial charge in [-0.2, -0.15) is 0 Å². The smallest absolute Gasteiger partial charge is 0.208 e. The highest BCUT2D eigenvalue weighted by molar-refractivity contribution is 7.80. The Bertz CT molecular complexity index is 840. The van der Waals surface area contributed by atoms with Crippen LogP contribution in [0.5, 0.6) is 0 Å². The van der Waals surface area contributed by atoms with Gasteiger partial charge in [-0.15, -0.1) is 0 Å². The number of guanidine groups is 1. The van der Waals surface area contributed by atoms with E-state index in [1.165, 1.54) is 24.8 Å². The number of imidazole rings is 1. The van der Waals surface area contributed by atoms with Crippen LogP contribution in [-0.4, -0.2) is 44.5 Å². The van der Waals surface area contributed by atoms with Crippen LogP contribution in [-0.2, 0) is 6.54 Å². The molecular weight excluding hydrogens is 318 g/mol. The van der Waals surface area contributed by atoms with Crippen LogP contribution in [0.1, 0.15) is 30.5 Å². The summed E-state index contributed by atoms with van der Waals surface area (Å²) >= 11 is 5.75. The van der Waals surface area contributed by atoms with E-state index in [4.69, 9.17) is 22.2 Å². The van der Waals surface area contributed by atoms with Crippen molar-refractivity contribution in [3.05, 3.63) is 47.9 Å². The first-order valence-electron chi connectivity index (χ1n) is 8.48. The van der Waals surface area contributed by atoms with Gasteiger partial charge in [-0.25, -0.2) is 9.98 Å². The van der Waals surface area contributed by atoms with Crippen LogP contribution in [0, 0.1) is 0 Å². The maximum atomic E-state index is 5.75. The Labute approximate surface area is 146 Å². The van der Waals surface area contributed by atoms with E-state index in [-0.39, 0.29) is 0 Å². The molecule has 3 heterocycles. The molecule has 1 aromatic heterocycles. The van der Waals surface area contributed by atoms with Crippen LogP contribution < -0.4 is 4.90 Å². The van der Waals surface area contributed by atoms with Gasteiger partial charge in [-0.3, -0.25) is 4.90 Å². The first-order chi connectivity index (χ1) is 11.7. The van der Waals surface area contributed by atoms with Crippen LogP contribution in [0.2, 0.25) is 0 Å². The molecule has 2 aliphatic heterocycles. The van der Waals surface area contributed by atoms with E-state index in [1.54, 1.807) is 0 Å². The summed E-state index contributed by atoms with van der Waals surface area (Å²) in [6.07, 6.45) is 5.52. The number of aromatic nitrogens is 2. The molecule has 1 aliphatic carbocycles. The van der Waals surface area contributed by atoms with Gasteiger partial charge in [-0.05, 0) is 24.8 Å². The Morgan fingerprint density at radius 3 is 2.88 bits per heavy atom. The number of nitrogens with zero attached hydrogens (tertiary/aromatic N) is 5. The second-order valence-electron chi connectivity index (χ2n) is 6.76. The normalized spacial score (nSPS) is 24.7. The molecule has 0 saturated heterocycles. The minimum atomic E-state index is 0.399. The van der Waals surface area contributed by atoms with Crippen LogP contribution >= 0.6 is 12.2 Å². The van der Waals surface area contributed by atoms with Gasteiger partial charge >= 0.3 is 0 Å². The first-order valence-corrected chi connectivity index (χ1v) is 8.89. The molecule has 6 heteroatoms. The van der Waals surface area contributed by atoms with Crippen LogP contribution in [0.25, 0.3) is 0 Å². The summed E-state index contributed by atoms with van der Waals surface area (Å²) in [5, 5.41) is 0. The molecule has 0 bridgehead atoms. The van der Waals surface area contributed by atoms with Gasteiger partial charge in [0.05, 0.1) is 18.4 Å². The quantitative estimate of drug-likeness (QED) is 0.790. The molecule has 3 aliphatic rings. The summed E-state index contributed by atoms with van der Waals surface area (Å²) in [5.74, 6) is 1.97. The van der Waals surface area contributed by atoms with E-state index in [0.717, 1.165) is 29.0 Å². The van der Waals surface area contributed by atoms with E-state index >= 15 is 0 Å². The predicted molar refractivity (Wildman–Crippen MR) is 98.6 cm³/mol. The van der Waals surface area contributed by atoms with Gasteiger partial charge in [-0.1, -0.05) is 42.5 Å². The molecule has 1 saturated carbocycles. The topological polar surface area (TPSA) is 36.7 Å². The summed E-state index contributed by atoms with van der Waals surface area (Å²) in [7, 11) is 2.03.